The fraction of sp³-hybridized carbons (Fsp3) is 0.588. The highest BCUT2D eigenvalue weighted by Crippen LogP contribution is 2.24. The van der Waals surface area contributed by atoms with Crippen molar-refractivity contribution in [2.45, 2.75) is 13.8 Å². The van der Waals surface area contributed by atoms with Gasteiger partial charge in [-0.15, -0.1) is 0 Å². The first-order valence-corrected chi connectivity index (χ1v) is 7.84. The Morgan fingerprint density at radius 1 is 1.13 bits per heavy atom. The molecule has 0 atom stereocenters. The molecule has 0 bridgehead atoms. The minimum absolute atomic E-state index is 0.154. The summed E-state index contributed by atoms with van der Waals surface area (Å²) in [6.45, 7) is 6.81. The van der Waals surface area contributed by atoms with Crippen molar-refractivity contribution in [3.05, 3.63) is 24.3 Å². The summed E-state index contributed by atoms with van der Waals surface area (Å²) >= 11 is 0. The monoisotopic (exact) mass is 324 g/mol. The molecule has 6 nitrogen and oxygen atoms in total. The highest BCUT2D eigenvalue weighted by atomic mass is 16.5. The molecule has 0 spiro atoms. The van der Waals surface area contributed by atoms with Gasteiger partial charge in [0, 0.05) is 27.3 Å². The first-order valence-electron chi connectivity index (χ1n) is 7.84. The summed E-state index contributed by atoms with van der Waals surface area (Å²) in [6, 6.07) is 7.23. The fourth-order valence-electron chi connectivity index (χ4n) is 2.04. The summed E-state index contributed by atoms with van der Waals surface area (Å²) in [5, 5.41) is 2.92. The van der Waals surface area contributed by atoms with Gasteiger partial charge in [-0.05, 0) is 18.1 Å². The third kappa shape index (κ3) is 7.34. The van der Waals surface area contributed by atoms with Crippen molar-refractivity contribution < 1.29 is 19.0 Å². The lowest BCUT2D eigenvalue weighted by atomic mass is 10.2. The molecule has 0 radical (unpaired) electrons. The Morgan fingerprint density at radius 2 is 1.83 bits per heavy atom. The van der Waals surface area contributed by atoms with Gasteiger partial charge in [-0.1, -0.05) is 26.0 Å². The van der Waals surface area contributed by atoms with Crippen LogP contribution in [-0.2, 0) is 9.47 Å². The Bertz CT molecular complexity index is 466. The quantitative estimate of drug-likeness (QED) is 0.672. The Hall–Kier alpha value is -1.79. The van der Waals surface area contributed by atoms with E-state index in [0.29, 0.717) is 50.3 Å². The average molecular weight is 324 g/mol. The van der Waals surface area contributed by atoms with Crippen LogP contribution in [0, 0.1) is 5.92 Å². The zero-order valence-electron chi connectivity index (χ0n) is 14.5. The van der Waals surface area contributed by atoms with Crippen LogP contribution in [0.1, 0.15) is 13.8 Å². The van der Waals surface area contributed by atoms with Crippen molar-refractivity contribution in [1.29, 1.82) is 0 Å². The maximum Gasteiger partial charge on any atom is 0.322 e. The molecule has 0 aliphatic rings. The summed E-state index contributed by atoms with van der Waals surface area (Å²) in [7, 11) is 3.25. The molecule has 0 aromatic heterocycles. The van der Waals surface area contributed by atoms with E-state index in [1.54, 1.807) is 19.1 Å². The van der Waals surface area contributed by atoms with E-state index < -0.39 is 0 Å². The minimum Gasteiger partial charge on any atom is -0.489 e. The lowest BCUT2D eigenvalue weighted by Crippen LogP contribution is -2.39. The number of urea groups is 1. The molecule has 1 rings (SSSR count). The molecule has 0 saturated heterocycles. The Morgan fingerprint density at radius 3 is 2.48 bits per heavy atom. The van der Waals surface area contributed by atoms with Gasteiger partial charge in [-0.3, -0.25) is 0 Å². The van der Waals surface area contributed by atoms with Crippen LogP contribution >= 0.6 is 0 Å². The topological polar surface area (TPSA) is 60.0 Å². The van der Waals surface area contributed by atoms with Crippen LogP contribution < -0.4 is 10.1 Å². The molecule has 23 heavy (non-hydrogen) atoms. The van der Waals surface area contributed by atoms with Crippen LogP contribution in [0.3, 0.4) is 0 Å². The minimum atomic E-state index is -0.154. The number of anilines is 1. The molecule has 1 N–H and O–H groups in total. The van der Waals surface area contributed by atoms with E-state index in [-0.39, 0.29) is 6.03 Å². The number of carbonyl (C=O) groups is 1. The van der Waals surface area contributed by atoms with Crippen LogP contribution in [0.15, 0.2) is 24.3 Å². The highest BCUT2D eigenvalue weighted by molar-refractivity contribution is 5.91. The zero-order valence-corrected chi connectivity index (χ0v) is 14.5. The number of para-hydroxylation sites is 2. The average Bonchev–Trinajstić information content (AvgIpc) is 2.52. The number of methoxy groups -OCH3 is 2. The molecule has 2 amide bonds. The summed E-state index contributed by atoms with van der Waals surface area (Å²) in [5.74, 6) is 1.01. The summed E-state index contributed by atoms with van der Waals surface area (Å²) < 4.78 is 15.7. The van der Waals surface area contributed by atoms with Crippen molar-refractivity contribution in [2.75, 3.05) is 52.4 Å². The molecule has 0 unspecified atom stereocenters. The molecule has 130 valence electrons. The van der Waals surface area contributed by atoms with E-state index in [1.165, 1.54) is 0 Å². The van der Waals surface area contributed by atoms with Gasteiger partial charge in [0.2, 0.25) is 0 Å². The van der Waals surface area contributed by atoms with Crippen LogP contribution in [0.2, 0.25) is 0 Å². The lowest BCUT2D eigenvalue weighted by Gasteiger charge is -2.25. The molecule has 1 aromatic carbocycles. The summed E-state index contributed by atoms with van der Waals surface area (Å²) in [4.78, 5) is 14.3. The second-order valence-corrected chi connectivity index (χ2v) is 5.60. The predicted octanol–water partition coefficient (Wildman–Crippen LogP) is 2.85. The van der Waals surface area contributed by atoms with E-state index in [0.717, 1.165) is 0 Å². The van der Waals surface area contributed by atoms with Gasteiger partial charge in [-0.2, -0.15) is 0 Å². The van der Waals surface area contributed by atoms with E-state index in [1.807, 2.05) is 24.3 Å². The predicted molar refractivity (Wildman–Crippen MR) is 91.1 cm³/mol. The van der Waals surface area contributed by atoms with E-state index in [2.05, 4.69) is 19.2 Å². The van der Waals surface area contributed by atoms with Gasteiger partial charge < -0.3 is 24.4 Å². The highest BCUT2D eigenvalue weighted by Gasteiger charge is 2.16. The Balaban J connectivity index is 2.72. The molecular formula is C17H28N2O4. The third-order valence-electron chi connectivity index (χ3n) is 3.11. The Labute approximate surface area is 138 Å². The molecule has 0 aliphatic heterocycles. The molecule has 0 fully saturated rings. The van der Waals surface area contributed by atoms with Gasteiger partial charge in [0.1, 0.15) is 12.4 Å². The van der Waals surface area contributed by atoms with E-state index in [9.17, 15) is 4.79 Å². The number of benzene rings is 1. The number of rotatable bonds is 10. The molecule has 0 saturated carbocycles. The maximum absolute atomic E-state index is 12.5. The first kappa shape index (κ1) is 19.3. The molecule has 6 heteroatoms. The number of ether oxygens (including phenoxy) is 3. The van der Waals surface area contributed by atoms with Crippen molar-refractivity contribution >= 4 is 11.7 Å². The number of carbonyl (C=O) groups excluding carboxylic acids is 1. The van der Waals surface area contributed by atoms with Crippen LogP contribution in [0.4, 0.5) is 10.5 Å². The maximum atomic E-state index is 12.5. The van der Waals surface area contributed by atoms with E-state index >= 15 is 0 Å². The van der Waals surface area contributed by atoms with Crippen LogP contribution in [0.5, 0.6) is 5.75 Å². The third-order valence-corrected chi connectivity index (χ3v) is 3.11. The lowest BCUT2D eigenvalue weighted by molar-refractivity contribution is 0.146. The molecule has 0 heterocycles. The van der Waals surface area contributed by atoms with Gasteiger partial charge in [0.15, 0.2) is 0 Å². The number of amides is 2. The van der Waals surface area contributed by atoms with Crippen LogP contribution in [0.25, 0.3) is 0 Å². The second kappa shape index (κ2) is 10.9. The SMILES string of the molecule is COCCOc1ccccc1NC(=O)N(CCOC)CC(C)C. The van der Waals surface area contributed by atoms with Crippen molar-refractivity contribution in [3.63, 3.8) is 0 Å². The number of nitrogens with one attached hydrogen (secondary N) is 1. The number of hydrogen-bond donors (Lipinski definition) is 1. The van der Waals surface area contributed by atoms with Gasteiger partial charge in [-0.25, -0.2) is 4.79 Å². The molecule has 1 aromatic rings. The van der Waals surface area contributed by atoms with Crippen molar-refractivity contribution in [2.24, 2.45) is 5.92 Å². The Kier molecular flexibility index (Phi) is 9.09. The first-order chi connectivity index (χ1) is 11.1. The van der Waals surface area contributed by atoms with Gasteiger partial charge in [0.05, 0.1) is 18.9 Å². The number of hydrogen-bond acceptors (Lipinski definition) is 4. The van der Waals surface area contributed by atoms with Crippen molar-refractivity contribution in [3.8, 4) is 5.75 Å². The van der Waals surface area contributed by atoms with Gasteiger partial charge in [0.25, 0.3) is 0 Å². The smallest absolute Gasteiger partial charge is 0.322 e. The van der Waals surface area contributed by atoms with Crippen LogP contribution in [-0.4, -0.2) is 58.1 Å². The van der Waals surface area contributed by atoms with Crippen molar-refractivity contribution in [1.82, 2.24) is 4.90 Å². The normalized spacial score (nSPS) is 10.7. The largest absolute Gasteiger partial charge is 0.489 e. The summed E-state index contributed by atoms with van der Waals surface area (Å²) in [6.07, 6.45) is 0. The van der Waals surface area contributed by atoms with E-state index in [4.69, 9.17) is 14.2 Å². The number of nitrogens with zero attached hydrogens (tertiary/aromatic N) is 1. The standard InChI is InChI=1S/C17H28N2O4/c1-14(2)13-19(9-10-21-3)17(20)18-15-7-5-6-8-16(15)23-12-11-22-4/h5-8,14H,9-13H2,1-4H3,(H,18,20). The fourth-order valence-corrected chi connectivity index (χ4v) is 2.04. The molecule has 0 aliphatic carbocycles. The summed E-state index contributed by atoms with van der Waals surface area (Å²) in [5.41, 5.74) is 0.653. The molecular weight excluding hydrogens is 296 g/mol. The zero-order chi connectivity index (χ0) is 17.1. The second-order valence-electron chi connectivity index (χ2n) is 5.60. The van der Waals surface area contributed by atoms with Gasteiger partial charge >= 0.3 is 6.03 Å².